The van der Waals surface area contributed by atoms with E-state index in [1.165, 1.54) is 0 Å². The van der Waals surface area contributed by atoms with Crippen LogP contribution >= 0.6 is 23.2 Å². The number of rotatable bonds is 6. The zero-order valence-corrected chi connectivity index (χ0v) is 15.7. The van der Waals surface area contributed by atoms with Gasteiger partial charge in [0.1, 0.15) is 5.69 Å². The molecule has 0 fully saturated rings. The van der Waals surface area contributed by atoms with E-state index in [4.69, 9.17) is 23.2 Å². The van der Waals surface area contributed by atoms with Crippen LogP contribution in [0.3, 0.4) is 0 Å². The predicted molar refractivity (Wildman–Crippen MR) is 105 cm³/mol. The second kappa shape index (κ2) is 7.91. The third-order valence-electron chi connectivity index (χ3n) is 3.93. The van der Waals surface area contributed by atoms with Gasteiger partial charge in [-0.3, -0.25) is 0 Å². The van der Waals surface area contributed by atoms with Gasteiger partial charge in [-0.05, 0) is 48.4 Å². The molecule has 0 aliphatic carbocycles. The van der Waals surface area contributed by atoms with Crippen LogP contribution in [-0.2, 0) is 13.2 Å². The van der Waals surface area contributed by atoms with Gasteiger partial charge in [0.05, 0.1) is 24.5 Å². The standard InChI is InChI=1S/C19H18Cl2N4O/c1-12(22-18-5-3-4-14(8-18)11-26)19-13(2)25(24-23-19)10-15-6-16(20)9-17(21)7-15/h3-9,22,26H,1,10-11H2,2H3. The van der Waals surface area contributed by atoms with Crippen molar-refractivity contribution >= 4 is 34.6 Å². The monoisotopic (exact) mass is 388 g/mol. The zero-order valence-electron chi connectivity index (χ0n) is 14.2. The molecule has 0 aliphatic heterocycles. The molecule has 2 N–H and O–H groups in total. The molecule has 0 radical (unpaired) electrons. The summed E-state index contributed by atoms with van der Waals surface area (Å²) in [4.78, 5) is 0. The maximum Gasteiger partial charge on any atom is 0.131 e. The molecule has 0 bridgehead atoms. The molecule has 0 aliphatic rings. The van der Waals surface area contributed by atoms with Gasteiger partial charge < -0.3 is 10.4 Å². The molecule has 0 spiro atoms. The summed E-state index contributed by atoms with van der Waals surface area (Å²) < 4.78 is 1.77. The molecule has 0 unspecified atom stereocenters. The number of aromatic nitrogens is 3. The van der Waals surface area contributed by atoms with Crippen molar-refractivity contribution in [1.82, 2.24) is 15.0 Å². The molecule has 0 atom stereocenters. The molecule has 3 aromatic rings. The minimum absolute atomic E-state index is 0.0145. The summed E-state index contributed by atoms with van der Waals surface area (Å²) >= 11 is 12.1. The number of nitrogens with zero attached hydrogens (tertiary/aromatic N) is 3. The van der Waals surface area contributed by atoms with Gasteiger partial charge in [0.15, 0.2) is 0 Å². The smallest absolute Gasteiger partial charge is 0.131 e. The highest BCUT2D eigenvalue weighted by Gasteiger charge is 2.13. The number of halogens is 2. The first-order chi connectivity index (χ1) is 12.5. The highest BCUT2D eigenvalue weighted by Crippen LogP contribution is 2.22. The van der Waals surface area contributed by atoms with E-state index in [0.29, 0.717) is 28.0 Å². The third kappa shape index (κ3) is 4.25. The molecule has 134 valence electrons. The predicted octanol–water partition coefficient (Wildman–Crippen LogP) is 4.52. The van der Waals surface area contributed by atoms with Gasteiger partial charge in [-0.15, -0.1) is 5.10 Å². The van der Waals surface area contributed by atoms with Gasteiger partial charge in [0.2, 0.25) is 0 Å². The van der Waals surface area contributed by atoms with Crippen molar-refractivity contribution in [2.75, 3.05) is 5.32 Å². The summed E-state index contributed by atoms with van der Waals surface area (Å²) in [7, 11) is 0. The van der Waals surface area contributed by atoms with Crippen molar-refractivity contribution in [3.63, 3.8) is 0 Å². The van der Waals surface area contributed by atoms with E-state index in [1.54, 1.807) is 10.7 Å². The topological polar surface area (TPSA) is 63.0 Å². The fourth-order valence-electron chi connectivity index (χ4n) is 2.65. The molecule has 0 amide bonds. The zero-order chi connectivity index (χ0) is 18.7. The van der Waals surface area contributed by atoms with Crippen molar-refractivity contribution in [2.24, 2.45) is 0 Å². The SMILES string of the molecule is C=C(Nc1cccc(CO)c1)c1nnn(Cc2cc(Cl)cc(Cl)c2)c1C. The van der Waals surface area contributed by atoms with Gasteiger partial charge in [0, 0.05) is 15.7 Å². The van der Waals surface area contributed by atoms with E-state index < -0.39 is 0 Å². The molecule has 3 rings (SSSR count). The Balaban J connectivity index is 1.78. The van der Waals surface area contributed by atoms with E-state index in [-0.39, 0.29) is 6.61 Å². The minimum atomic E-state index is -0.0145. The fourth-order valence-corrected chi connectivity index (χ4v) is 3.22. The molecule has 5 nitrogen and oxygen atoms in total. The quantitative estimate of drug-likeness (QED) is 0.651. The lowest BCUT2D eigenvalue weighted by Gasteiger charge is -2.10. The Morgan fingerprint density at radius 2 is 1.88 bits per heavy atom. The highest BCUT2D eigenvalue weighted by molar-refractivity contribution is 6.34. The van der Waals surface area contributed by atoms with Gasteiger partial charge in [-0.1, -0.05) is 47.1 Å². The average molecular weight is 389 g/mol. The van der Waals surface area contributed by atoms with Crippen molar-refractivity contribution in [1.29, 1.82) is 0 Å². The first-order valence-electron chi connectivity index (χ1n) is 7.97. The van der Waals surface area contributed by atoms with Crippen LogP contribution in [0.2, 0.25) is 10.0 Å². The lowest BCUT2D eigenvalue weighted by atomic mass is 10.2. The molecule has 1 heterocycles. The van der Waals surface area contributed by atoms with Crippen LogP contribution in [0, 0.1) is 6.92 Å². The minimum Gasteiger partial charge on any atom is -0.392 e. The summed E-state index contributed by atoms with van der Waals surface area (Å²) in [5.74, 6) is 0. The molecular weight excluding hydrogens is 371 g/mol. The number of nitrogens with one attached hydrogen (secondary N) is 1. The number of hydrogen-bond acceptors (Lipinski definition) is 4. The Morgan fingerprint density at radius 1 is 1.15 bits per heavy atom. The van der Waals surface area contributed by atoms with Crippen molar-refractivity contribution < 1.29 is 5.11 Å². The van der Waals surface area contributed by atoms with Crippen LogP contribution < -0.4 is 5.32 Å². The number of aliphatic hydroxyl groups is 1. The van der Waals surface area contributed by atoms with Crippen LogP contribution in [-0.4, -0.2) is 20.1 Å². The number of hydrogen-bond donors (Lipinski definition) is 2. The van der Waals surface area contributed by atoms with Gasteiger partial charge >= 0.3 is 0 Å². The number of aliphatic hydroxyl groups excluding tert-OH is 1. The molecular formula is C19H18Cl2N4O. The molecule has 26 heavy (non-hydrogen) atoms. The van der Waals surface area contributed by atoms with Crippen LogP contribution in [0.5, 0.6) is 0 Å². The Bertz CT molecular complexity index is 932. The highest BCUT2D eigenvalue weighted by atomic mass is 35.5. The summed E-state index contributed by atoms with van der Waals surface area (Å²) in [6.45, 7) is 6.47. The number of anilines is 1. The largest absolute Gasteiger partial charge is 0.392 e. The Labute approximate surface area is 161 Å². The maximum absolute atomic E-state index is 9.25. The first kappa shape index (κ1) is 18.5. The molecule has 7 heteroatoms. The lowest BCUT2D eigenvalue weighted by Crippen LogP contribution is -2.05. The summed E-state index contributed by atoms with van der Waals surface area (Å²) in [5, 5.41) is 22.1. The van der Waals surface area contributed by atoms with Gasteiger partial charge in [0.25, 0.3) is 0 Å². The maximum atomic E-state index is 9.25. The van der Waals surface area contributed by atoms with E-state index >= 15 is 0 Å². The van der Waals surface area contributed by atoms with E-state index in [1.807, 2.05) is 43.3 Å². The van der Waals surface area contributed by atoms with Gasteiger partial charge in [-0.25, -0.2) is 4.68 Å². The van der Waals surface area contributed by atoms with Crippen molar-refractivity contribution in [3.8, 4) is 0 Å². The average Bonchev–Trinajstić information content (AvgIpc) is 2.95. The second-order valence-electron chi connectivity index (χ2n) is 5.92. The van der Waals surface area contributed by atoms with Crippen molar-refractivity contribution in [3.05, 3.63) is 81.6 Å². The summed E-state index contributed by atoms with van der Waals surface area (Å²) in [5.41, 5.74) is 4.77. The Morgan fingerprint density at radius 3 is 2.58 bits per heavy atom. The second-order valence-corrected chi connectivity index (χ2v) is 6.79. The van der Waals surface area contributed by atoms with Crippen LogP contribution in [0.15, 0.2) is 49.0 Å². The Kier molecular flexibility index (Phi) is 5.61. The van der Waals surface area contributed by atoms with E-state index in [2.05, 4.69) is 22.2 Å². The van der Waals surface area contributed by atoms with Crippen LogP contribution in [0.4, 0.5) is 5.69 Å². The third-order valence-corrected chi connectivity index (χ3v) is 4.36. The normalized spacial score (nSPS) is 10.8. The molecule has 0 saturated carbocycles. The Hall–Kier alpha value is -2.34. The lowest BCUT2D eigenvalue weighted by molar-refractivity contribution is 0.282. The van der Waals surface area contributed by atoms with E-state index in [9.17, 15) is 5.11 Å². The summed E-state index contributed by atoms with van der Waals surface area (Å²) in [6, 6.07) is 12.9. The van der Waals surface area contributed by atoms with Crippen LogP contribution in [0.25, 0.3) is 5.70 Å². The molecule has 0 saturated heterocycles. The number of benzene rings is 2. The first-order valence-corrected chi connectivity index (χ1v) is 8.73. The molecule has 2 aromatic carbocycles. The fraction of sp³-hybridized carbons (Fsp3) is 0.158. The van der Waals surface area contributed by atoms with Gasteiger partial charge in [-0.2, -0.15) is 0 Å². The van der Waals surface area contributed by atoms with E-state index in [0.717, 1.165) is 22.5 Å². The van der Waals surface area contributed by atoms with Crippen LogP contribution in [0.1, 0.15) is 22.5 Å². The molecule has 1 aromatic heterocycles. The van der Waals surface area contributed by atoms with Crippen molar-refractivity contribution in [2.45, 2.75) is 20.1 Å². The summed E-state index contributed by atoms with van der Waals surface area (Å²) in [6.07, 6.45) is 0.